The van der Waals surface area contributed by atoms with E-state index in [0.29, 0.717) is 6.54 Å². The van der Waals surface area contributed by atoms with E-state index in [-0.39, 0.29) is 24.0 Å². The number of guanidine groups is 1. The monoisotopic (exact) mass is 511 g/mol. The third-order valence-corrected chi connectivity index (χ3v) is 4.94. The molecule has 0 spiro atoms. The molecule has 0 aliphatic carbocycles. The Kier molecular flexibility index (Phi) is 9.92. The number of hydrogen-bond acceptors (Lipinski definition) is 4. The van der Waals surface area contributed by atoms with Crippen molar-refractivity contribution < 1.29 is 9.15 Å². The molecule has 1 aromatic carbocycles. The summed E-state index contributed by atoms with van der Waals surface area (Å²) in [5, 5.41) is 8.88. The molecule has 3 aromatic rings. The lowest BCUT2D eigenvalue weighted by Crippen LogP contribution is -2.39. The van der Waals surface area contributed by atoms with E-state index in [9.17, 15) is 0 Å². The van der Waals surface area contributed by atoms with Gasteiger partial charge in [0, 0.05) is 24.4 Å². The number of benzene rings is 1. The van der Waals surface area contributed by atoms with Gasteiger partial charge in [-0.25, -0.2) is 4.99 Å². The molecule has 0 fully saturated rings. The molecule has 0 bridgehead atoms. The first kappa shape index (κ1) is 22.3. The summed E-state index contributed by atoms with van der Waals surface area (Å²) in [6.45, 7) is 2.26. The molecule has 5 nitrogen and oxygen atoms in total. The summed E-state index contributed by atoms with van der Waals surface area (Å²) in [4.78, 5) is 5.95. The average molecular weight is 511 g/mol. The second-order valence-electron chi connectivity index (χ2n) is 6.03. The Hall–Kier alpha value is -2.00. The van der Waals surface area contributed by atoms with Crippen molar-refractivity contribution in [1.29, 1.82) is 0 Å². The third kappa shape index (κ3) is 7.55. The van der Waals surface area contributed by atoms with Crippen LogP contribution in [0.4, 0.5) is 0 Å². The topological polar surface area (TPSA) is 58.8 Å². The Bertz CT molecular complexity index is 803. The zero-order chi connectivity index (χ0) is 18.7. The first-order valence-electron chi connectivity index (χ1n) is 9.03. The molecule has 2 heterocycles. The number of aliphatic imine (C=N–C) groups is 1. The zero-order valence-corrected chi connectivity index (χ0v) is 19.0. The van der Waals surface area contributed by atoms with Crippen molar-refractivity contribution in [2.75, 3.05) is 20.2 Å². The second kappa shape index (κ2) is 12.5. The molecule has 0 aliphatic heterocycles. The standard InChI is InChI=1S/C21H25N3O2S.HI/c1-25-18-8-6-17(7-9-18)10-12-22-21(24-16-20-5-3-15-27-20)23-13-11-19-4-2-14-26-19;/h2-9,14-15H,10-13,16H2,1H3,(H2,22,23,24);1H. The van der Waals surface area contributed by atoms with E-state index in [1.165, 1.54) is 10.4 Å². The zero-order valence-electron chi connectivity index (χ0n) is 15.9. The van der Waals surface area contributed by atoms with Gasteiger partial charge in [-0.05, 0) is 47.7 Å². The molecule has 0 atom stereocenters. The molecular weight excluding hydrogens is 485 g/mol. The second-order valence-corrected chi connectivity index (χ2v) is 7.06. The molecule has 2 aromatic heterocycles. The number of nitrogens with zero attached hydrogens (tertiary/aromatic N) is 1. The lowest BCUT2D eigenvalue weighted by Gasteiger charge is -2.12. The van der Waals surface area contributed by atoms with E-state index < -0.39 is 0 Å². The van der Waals surface area contributed by atoms with Crippen LogP contribution in [-0.2, 0) is 19.4 Å². The van der Waals surface area contributed by atoms with E-state index in [1.807, 2.05) is 24.3 Å². The van der Waals surface area contributed by atoms with Gasteiger partial charge in [0.1, 0.15) is 11.5 Å². The van der Waals surface area contributed by atoms with Gasteiger partial charge in [-0.1, -0.05) is 18.2 Å². The van der Waals surface area contributed by atoms with Gasteiger partial charge in [-0.2, -0.15) is 0 Å². The van der Waals surface area contributed by atoms with Crippen molar-refractivity contribution >= 4 is 41.3 Å². The molecule has 28 heavy (non-hydrogen) atoms. The number of hydrogen-bond donors (Lipinski definition) is 2. The number of furan rings is 1. The van der Waals surface area contributed by atoms with Crippen LogP contribution in [0.1, 0.15) is 16.2 Å². The molecule has 0 radical (unpaired) electrons. The van der Waals surface area contributed by atoms with Crippen LogP contribution in [0, 0.1) is 0 Å². The van der Waals surface area contributed by atoms with Gasteiger partial charge in [0.25, 0.3) is 0 Å². The van der Waals surface area contributed by atoms with Crippen LogP contribution >= 0.6 is 35.3 Å². The minimum Gasteiger partial charge on any atom is -0.497 e. The fraction of sp³-hybridized carbons (Fsp3) is 0.286. The molecule has 7 heteroatoms. The molecule has 0 saturated heterocycles. The van der Waals surface area contributed by atoms with E-state index in [0.717, 1.165) is 43.4 Å². The van der Waals surface area contributed by atoms with Crippen LogP contribution in [0.3, 0.4) is 0 Å². The fourth-order valence-corrected chi connectivity index (χ4v) is 3.24. The van der Waals surface area contributed by atoms with Gasteiger partial charge in [0.05, 0.1) is 19.9 Å². The third-order valence-electron chi connectivity index (χ3n) is 4.08. The van der Waals surface area contributed by atoms with Crippen molar-refractivity contribution in [1.82, 2.24) is 10.6 Å². The first-order chi connectivity index (χ1) is 13.3. The lowest BCUT2D eigenvalue weighted by atomic mass is 10.1. The Balaban J connectivity index is 0.00000280. The summed E-state index contributed by atoms with van der Waals surface area (Å²) >= 11 is 1.72. The highest BCUT2D eigenvalue weighted by atomic mass is 127. The quantitative estimate of drug-likeness (QED) is 0.253. The molecule has 0 unspecified atom stereocenters. The average Bonchev–Trinajstić information content (AvgIpc) is 3.40. The van der Waals surface area contributed by atoms with Crippen LogP contribution in [0.5, 0.6) is 5.75 Å². The molecule has 150 valence electrons. The van der Waals surface area contributed by atoms with Gasteiger partial charge >= 0.3 is 0 Å². The van der Waals surface area contributed by atoms with E-state index >= 15 is 0 Å². The molecule has 0 aliphatic rings. The maximum Gasteiger partial charge on any atom is 0.191 e. The van der Waals surface area contributed by atoms with Crippen molar-refractivity contribution in [2.45, 2.75) is 19.4 Å². The normalized spacial score (nSPS) is 11.0. The van der Waals surface area contributed by atoms with Crippen molar-refractivity contribution in [3.8, 4) is 5.75 Å². The van der Waals surface area contributed by atoms with Gasteiger partial charge in [-0.15, -0.1) is 35.3 Å². The van der Waals surface area contributed by atoms with Crippen molar-refractivity contribution in [3.63, 3.8) is 0 Å². The summed E-state index contributed by atoms with van der Waals surface area (Å²) in [6, 6.07) is 16.2. The summed E-state index contributed by atoms with van der Waals surface area (Å²) in [6.07, 6.45) is 3.45. The summed E-state index contributed by atoms with van der Waals surface area (Å²) in [5.41, 5.74) is 1.26. The van der Waals surface area contributed by atoms with Crippen LogP contribution in [0.15, 0.2) is 69.6 Å². The predicted octanol–water partition coefficient (Wildman–Crippen LogP) is 4.49. The lowest BCUT2D eigenvalue weighted by molar-refractivity contribution is 0.414. The SMILES string of the molecule is COc1ccc(CCNC(=NCc2cccs2)NCCc2ccco2)cc1.I. The van der Waals surface area contributed by atoms with Gasteiger partial charge in [0.2, 0.25) is 0 Å². The predicted molar refractivity (Wildman–Crippen MR) is 126 cm³/mol. The Labute approximate surface area is 187 Å². The summed E-state index contributed by atoms with van der Waals surface area (Å²) in [7, 11) is 1.68. The van der Waals surface area contributed by atoms with Gasteiger partial charge < -0.3 is 19.8 Å². The minimum atomic E-state index is 0. The summed E-state index contributed by atoms with van der Waals surface area (Å²) in [5.74, 6) is 2.67. The number of rotatable bonds is 9. The van der Waals surface area contributed by atoms with Crippen LogP contribution in [-0.4, -0.2) is 26.2 Å². The summed E-state index contributed by atoms with van der Waals surface area (Å²) < 4.78 is 10.6. The van der Waals surface area contributed by atoms with Crippen LogP contribution in [0.25, 0.3) is 0 Å². The molecule has 2 N–H and O–H groups in total. The smallest absolute Gasteiger partial charge is 0.191 e. The highest BCUT2D eigenvalue weighted by Crippen LogP contribution is 2.11. The van der Waals surface area contributed by atoms with Crippen LogP contribution in [0.2, 0.25) is 0 Å². The van der Waals surface area contributed by atoms with Crippen LogP contribution < -0.4 is 15.4 Å². The van der Waals surface area contributed by atoms with Crippen molar-refractivity contribution in [3.05, 3.63) is 76.4 Å². The number of thiophene rings is 1. The van der Waals surface area contributed by atoms with Gasteiger partial charge in [-0.3, -0.25) is 0 Å². The molecular formula is C21H26IN3O2S. The number of ether oxygens (including phenoxy) is 1. The maximum absolute atomic E-state index is 5.38. The van der Waals surface area contributed by atoms with E-state index in [1.54, 1.807) is 24.7 Å². The highest BCUT2D eigenvalue weighted by molar-refractivity contribution is 14.0. The largest absolute Gasteiger partial charge is 0.497 e. The van der Waals surface area contributed by atoms with Gasteiger partial charge in [0.15, 0.2) is 5.96 Å². The fourth-order valence-electron chi connectivity index (χ4n) is 2.61. The molecule has 0 saturated carbocycles. The van der Waals surface area contributed by atoms with Crippen molar-refractivity contribution in [2.24, 2.45) is 4.99 Å². The minimum absolute atomic E-state index is 0. The maximum atomic E-state index is 5.38. The number of methoxy groups -OCH3 is 1. The molecule has 3 rings (SSSR count). The Morgan fingerprint density at radius 2 is 1.82 bits per heavy atom. The van der Waals surface area contributed by atoms with E-state index in [4.69, 9.17) is 14.1 Å². The Morgan fingerprint density at radius 3 is 2.46 bits per heavy atom. The molecule has 0 amide bonds. The number of halogens is 1. The first-order valence-corrected chi connectivity index (χ1v) is 9.91. The Morgan fingerprint density at radius 1 is 1.04 bits per heavy atom. The highest BCUT2D eigenvalue weighted by Gasteiger charge is 2.02. The number of nitrogens with one attached hydrogen (secondary N) is 2. The van der Waals surface area contributed by atoms with E-state index in [2.05, 4.69) is 40.3 Å².